The highest BCUT2D eigenvalue weighted by Gasteiger charge is 2.20. The average molecular weight is 316 g/mol. The molecule has 126 valence electrons. The quantitative estimate of drug-likeness (QED) is 0.754. The van der Waals surface area contributed by atoms with Crippen molar-refractivity contribution in [3.05, 3.63) is 24.3 Å². The molecule has 0 radical (unpaired) electrons. The molecule has 2 aliphatic heterocycles. The number of benzene rings is 1. The van der Waals surface area contributed by atoms with Crippen LogP contribution in [0.3, 0.4) is 0 Å². The second kappa shape index (κ2) is 7.82. The lowest BCUT2D eigenvalue weighted by Crippen LogP contribution is -2.35. The van der Waals surface area contributed by atoms with E-state index < -0.39 is 0 Å². The summed E-state index contributed by atoms with van der Waals surface area (Å²) < 4.78 is 5.84. The highest BCUT2D eigenvalue weighted by atomic mass is 16.5. The number of piperidine rings is 1. The van der Waals surface area contributed by atoms with E-state index >= 15 is 0 Å². The number of hydrogen-bond acceptors (Lipinski definition) is 3. The Bertz CT molecular complexity index is 515. The van der Waals surface area contributed by atoms with Gasteiger partial charge in [-0.15, -0.1) is 0 Å². The molecule has 3 rings (SSSR count). The number of likely N-dealkylation sites (tertiary alicyclic amines) is 1. The van der Waals surface area contributed by atoms with Gasteiger partial charge in [-0.3, -0.25) is 4.79 Å². The summed E-state index contributed by atoms with van der Waals surface area (Å²) >= 11 is 0. The lowest BCUT2D eigenvalue weighted by Gasteiger charge is -2.26. The Morgan fingerprint density at radius 2 is 1.96 bits per heavy atom. The number of rotatable bonds is 6. The third-order valence-electron chi connectivity index (χ3n) is 5.02. The van der Waals surface area contributed by atoms with Gasteiger partial charge in [0.05, 0.1) is 6.61 Å². The molecule has 4 nitrogen and oxygen atoms in total. The summed E-state index contributed by atoms with van der Waals surface area (Å²) in [5, 5.41) is 0. The van der Waals surface area contributed by atoms with E-state index in [1.165, 1.54) is 19.4 Å². The lowest BCUT2D eigenvalue weighted by molar-refractivity contribution is -0.119. The molecular weight excluding hydrogens is 288 g/mol. The fourth-order valence-electron chi connectivity index (χ4n) is 3.58. The van der Waals surface area contributed by atoms with Gasteiger partial charge in [-0.05, 0) is 69.8 Å². The molecule has 0 aliphatic carbocycles. The van der Waals surface area contributed by atoms with E-state index in [0.29, 0.717) is 6.42 Å². The number of carbonyl (C=O) groups is 1. The largest absolute Gasteiger partial charge is 0.494 e. The Morgan fingerprint density at radius 3 is 2.65 bits per heavy atom. The molecule has 1 aromatic carbocycles. The van der Waals surface area contributed by atoms with Gasteiger partial charge < -0.3 is 14.5 Å². The summed E-state index contributed by atoms with van der Waals surface area (Å²) in [6.07, 6.45) is 6.52. The predicted octanol–water partition coefficient (Wildman–Crippen LogP) is 3.46. The SMILES string of the molecule is C[C@H]1CCCN1CCCOc1ccc(N2CCCCC2=O)cc1. The van der Waals surface area contributed by atoms with Crippen molar-refractivity contribution < 1.29 is 9.53 Å². The number of ether oxygens (including phenoxy) is 1. The molecule has 0 bridgehead atoms. The monoisotopic (exact) mass is 316 g/mol. The molecule has 1 amide bonds. The Balaban J connectivity index is 1.43. The van der Waals surface area contributed by atoms with Crippen LogP contribution in [0.5, 0.6) is 5.75 Å². The maximum Gasteiger partial charge on any atom is 0.226 e. The van der Waals surface area contributed by atoms with Gasteiger partial charge in [-0.25, -0.2) is 0 Å². The second-order valence-corrected chi connectivity index (χ2v) is 6.73. The van der Waals surface area contributed by atoms with Crippen molar-refractivity contribution in [3.8, 4) is 5.75 Å². The van der Waals surface area contributed by atoms with Gasteiger partial charge >= 0.3 is 0 Å². The first-order valence-electron chi connectivity index (χ1n) is 9.01. The first kappa shape index (κ1) is 16.3. The van der Waals surface area contributed by atoms with Crippen molar-refractivity contribution in [2.24, 2.45) is 0 Å². The minimum absolute atomic E-state index is 0.240. The standard InChI is InChI=1S/C19H28N2O2/c1-16-6-4-12-20(16)13-5-15-23-18-10-8-17(9-11-18)21-14-3-2-7-19(21)22/h8-11,16H,2-7,12-15H2,1H3/t16-/m0/s1. The van der Waals surface area contributed by atoms with Gasteiger partial charge in [0, 0.05) is 31.2 Å². The van der Waals surface area contributed by atoms with Crippen molar-refractivity contribution in [3.63, 3.8) is 0 Å². The zero-order chi connectivity index (χ0) is 16.1. The van der Waals surface area contributed by atoms with Crippen LogP contribution in [0, 0.1) is 0 Å². The summed E-state index contributed by atoms with van der Waals surface area (Å²) in [5.74, 6) is 1.14. The lowest BCUT2D eigenvalue weighted by atomic mass is 10.1. The molecular formula is C19H28N2O2. The minimum atomic E-state index is 0.240. The Labute approximate surface area is 139 Å². The molecule has 2 saturated heterocycles. The van der Waals surface area contributed by atoms with Gasteiger partial charge in [-0.1, -0.05) is 0 Å². The molecule has 0 N–H and O–H groups in total. The van der Waals surface area contributed by atoms with Crippen LogP contribution in [0.2, 0.25) is 0 Å². The second-order valence-electron chi connectivity index (χ2n) is 6.73. The van der Waals surface area contributed by atoms with Crippen LogP contribution >= 0.6 is 0 Å². The Morgan fingerprint density at radius 1 is 1.13 bits per heavy atom. The first-order valence-corrected chi connectivity index (χ1v) is 9.01. The smallest absolute Gasteiger partial charge is 0.226 e. The number of carbonyl (C=O) groups excluding carboxylic acids is 1. The molecule has 2 aliphatic rings. The fourth-order valence-corrected chi connectivity index (χ4v) is 3.58. The van der Waals surface area contributed by atoms with E-state index in [0.717, 1.165) is 56.4 Å². The molecule has 23 heavy (non-hydrogen) atoms. The third kappa shape index (κ3) is 4.25. The molecule has 0 spiro atoms. The summed E-state index contributed by atoms with van der Waals surface area (Å²) in [6.45, 7) is 6.27. The van der Waals surface area contributed by atoms with E-state index in [2.05, 4.69) is 11.8 Å². The van der Waals surface area contributed by atoms with E-state index in [1.54, 1.807) is 0 Å². The number of anilines is 1. The van der Waals surface area contributed by atoms with E-state index in [1.807, 2.05) is 29.2 Å². The number of nitrogens with zero attached hydrogens (tertiary/aromatic N) is 2. The van der Waals surface area contributed by atoms with Crippen LogP contribution in [0.15, 0.2) is 24.3 Å². The highest BCUT2D eigenvalue weighted by Crippen LogP contribution is 2.23. The van der Waals surface area contributed by atoms with Gasteiger partial charge in [0.25, 0.3) is 0 Å². The molecule has 1 atom stereocenters. The van der Waals surface area contributed by atoms with Crippen LogP contribution < -0.4 is 9.64 Å². The van der Waals surface area contributed by atoms with Crippen molar-refractivity contribution in [1.82, 2.24) is 4.90 Å². The van der Waals surface area contributed by atoms with Crippen molar-refractivity contribution in [2.45, 2.75) is 51.5 Å². The predicted molar refractivity (Wildman–Crippen MR) is 93.0 cm³/mol. The highest BCUT2D eigenvalue weighted by molar-refractivity contribution is 5.93. The summed E-state index contributed by atoms with van der Waals surface area (Å²) in [7, 11) is 0. The van der Waals surface area contributed by atoms with E-state index in [4.69, 9.17) is 4.74 Å². The van der Waals surface area contributed by atoms with Gasteiger partial charge in [0.15, 0.2) is 0 Å². The zero-order valence-corrected chi connectivity index (χ0v) is 14.2. The van der Waals surface area contributed by atoms with Crippen LogP contribution in [0.4, 0.5) is 5.69 Å². The Hall–Kier alpha value is -1.55. The number of amides is 1. The molecule has 0 aromatic heterocycles. The minimum Gasteiger partial charge on any atom is -0.494 e. The zero-order valence-electron chi connectivity index (χ0n) is 14.2. The van der Waals surface area contributed by atoms with Crippen LogP contribution in [-0.2, 0) is 4.79 Å². The molecule has 0 saturated carbocycles. The molecule has 2 heterocycles. The van der Waals surface area contributed by atoms with Gasteiger partial charge in [-0.2, -0.15) is 0 Å². The molecule has 4 heteroatoms. The van der Waals surface area contributed by atoms with E-state index in [9.17, 15) is 4.79 Å². The van der Waals surface area contributed by atoms with Crippen molar-refractivity contribution >= 4 is 11.6 Å². The maximum atomic E-state index is 11.9. The van der Waals surface area contributed by atoms with Gasteiger partial charge in [0.1, 0.15) is 5.75 Å². The fraction of sp³-hybridized carbons (Fsp3) is 0.632. The van der Waals surface area contributed by atoms with Gasteiger partial charge in [0.2, 0.25) is 5.91 Å². The normalized spacial score (nSPS) is 22.6. The molecule has 0 unspecified atom stereocenters. The number of hydrogen-bond donors (Lipinski definition) is 0. The van der Waals surface area contributed by atoms with Crippen molar-refractivity contribution in [2.75, 3.05) is 31.1 Å². The first-order chi connectivity index (χ1) is 11.2. The van der Waals surface area contributed by atoms with Crippen molar-refractivity contribution in [1.29, 1.82) is 0 Å². The summed E-state index contributed by atoms with van der Waals surface area (Å²) in [6, 6.07) is 8.70. The third-order valence-corrected chi connectivity index (χ3v) is 5.02. The maximum absolute atomic E-state index is 11.9. The van der Waals surface area contributed by atoms with E-state index in [-0.39, 0.29) is 5.91 Å². The summed E-state index contributed by atoms with van der Waals surface area (Å²) in [4.78, 5) is 16.4. The van der Waals surface area contributed by atoms with Crippen LogP contribution in [-0.4, -0.2) is 43.1 Å². The van der Waals surface area contributed by atoms with Crippen LogP contribution in [0.1, 0.15) is 45.4 Å². The topological polar surface area (TPSA) is 32.8 Å². The average Bonchev–Trinajstić information content (AvgIpc) is 2.98. The Kier molecular flexibility index (Phi) is 5.55. The van der Waals surface area contributed by atoms with Crippen LogP contribution in [0.25, 0.3) is 0 Å². The summed E-state index contributed by atoms with van der Waals surface area (Å²) in [5.41, 5.74) is 0.993. The molecule has 2 fully saturated rings. The molecule has 1 aromatic rings.